The summed E-state index contributed by atoms with van der Waals surface area (Å²) in [7, 11) is -0.652. The second-order valence-corrected chi connectivity index (χ2v) is 10.5. The Bertz CT molecular complexity index is 1230. The van der Waals surface area contributed by atoms with E-state index in [-0.39, 0.29) is 12.1 Å². The molecular weight excluding hydrogens is 409 g/mol. The van der Waals surface area contributed by atoms with Crippen LogP contribution in [0.3, 0.4) is 0 Å². The van der Waals surface area contributed by atoms with Gasteiger partial charge in [0.05, 0.1) is 0 Å². The lowest BCUT2D eigenvalue weighted by Crippen LogP contribution is -2.24. The van der Waals surface area contributed by atoms with E-state index in [2.05, 4.69) is 109 Å². The van der Waals surface area contributed by atoms with Crippen molar-refractivity contribution in [3.05, 3.63) is 126 Å². The van der Waals surface area contributed by atoms with Gasteiger partial charge in [0, 0.05) is 12.8 Å². The zero-order valence-corrected chi connectivity index (χ0v) is 18.7. The van der Waals surface area contributed by atoms with E-state index >= 15 is 0 Å². The first-order valence-corrected chi connectivity index (χ1v) is 12.5. The monoisotopic (exact) mass is 433 g/mol. The molecule has 1 heterocycles. The van der Waals surface area contributed by atoms with E-state index in [4.69, 9.17) is 9.73 Å². The van der Waals surface area contributed by atoms with Gasteiger partial charge in [-0.1, -0.05) is 109 Å². The Hall–Kier alpha value is -3.22. The van der Waals surface area contributed by atoms with Gasteiger partial charge < -0.3 is 4.74 Å². The Morgan fingerprint density at radius 1 is 0.719 bits per heavy atom. The Kier molecular flexibility index (Phi) is 5.09. The van der Waals surface area contributed by atoms with Crippen molar-refractivity contribution in [2.45, 2.75) is 25.0 Å². The smallest absolute Gasteiger partial charge is 0.188 e. The van der Waals surface area contributed by atoms with Crippen LogP contribution in [0.2, 0.25) is 0 Å². The van der Waals surface area contributed by atoms with Gasteiger partial charge in [0.1, 0.15) is 12.1 Å². The maximum absolute atomic E-state index is 6.38. The minimum Gasteiger partial charge on any atom is -0.474 e. The summed E-state index contributed by atoms with van der Waals surface area (Å²) in [4.78, 5) is 5.03. The molecule has 2 aliphatic rings. The molecule has 0 saturated carbocycles. The first-order valence-electron chi connectivity index (χ1n) is 11.2. The van der Waals surface area contributed by atoms with E-state index in [0.717, 1.165) is 18.7 Å². The van der Waals surface area contributed by atoms with Gasteiger partial charge in [-0.2, -0.15) is 0 Å². The van der Waals surface area contributed by atoms with Gasteiger partial charge in [-0.05, 0) is 40.5 Å². The lowest BCUT2D eigenvalue weighted by molar-refractivity contribution is 0.202. The highest BCUT2D eigenvalue weighted by Gasteiger charge is 2.39. The Morgan fingerprint density at radius 2 is 1.34 bits per heavy atom. The van der Waals surface area contributed by atoms with Crippen LogP contribution in [0.4, 0.5) is 0 Å². The van der Waals surface area contributed by atoms with E-state index in [0.29, 0.717) is 0 Å². The summed E-state index contributed by atoms with van der Waals surface area (Å²) in [5, 5.41) is 4.10. The van der Waals surface area contributed by atoms with Crippen molar-refractivity contribution < 1.29 is 4.74 Å². The summed E-state index contributed by atoms with van der Waals surface area (Å²) >= 11 is 0. The molecule has 1 aliphatic carbocycles. The zero-order valence-electron chi connectivity index (χ0n) is 17.8. The van der Waals surface area contributed by atoms with Crippen molar-refractivity contribution in [2.75, 3.05) is 0 Å². The van der Waals surface area contributed by atoms with E-state index < -0.39 is 7.92 Å². The fraction of sp³-hybridized carbons (Fsp3) is 0.138. The molecule has 4 aromatic rings. The molecule has 0 saturated heterocycles. The SMILES string of the molecule is c1ccc(P(c2ccccc2)c2ccccc2CC2=N[C@@H]3c4ccccc4C[C@@H]3O2)cc1. The Labute approximate surface area is 190 Å². The highest BCUT2D eigenvalue weighted by molar-refractivity contribution is 7.79. The quantitative estimate of drug-likeness (QED) is 0.402. The maximum Gasteiger partial charge on any atom is 0.188 e. The standard InChI is InChI=1S/C29H24NOP/c1-3-13-23(14-4-1)32(24-15-5-2-6-16-24)27-18-10-8-12-22(27)20-28-30-29-25-17-9-7-11-21(25)19-26(29)31-28/h1-18,26,29H,19-20H2/t26-,29+/m0/s1. The molecule has 2 nitrogen and oxygen atoms in total. The van der Waals surface area contributed by atoms with Crippen LogP contribution < -0.4 is 15.9 Å². The zero-order chi connectivity index (χ0) is 21.3. The van der Waals surface area contributed by atoms with Gasteiger partial charge in [-0.25, -0.2) is 4.99 Å². The van der Waals surface area contributed by atoms with Crippen LogP contribution in [-0.4, -0.2) is 12.0 Å². The summed E-state index contributed by atoms with van der Waals surface area (Å²) in [6, 6.07) is 39.3. The van der Waals surface area contributed by atoms with Crippen molar-refractivity contribution in [3.63, 3.8) is 0 Å². The second-order valence-electron chi connectivity index (χ2n) is 8.34. The molecule has 0 unspecified atom stereocenters. The van der Waals surface area contributed by atoms with Crippen LogP contribution in [0.25, 0.3) is 0 Å². The van der Waals surface area contributed by atoms with Crippen LogP contribution in [0.1, 0.15) is 22.7 Å². The third-order valence-corrected chi connectivity index (χ3v) is 8.87. The third-order valence-electron chi connectivity index (χ3n) is 6.32. The first kappa shape index (κ1) is 19.5. The number of ether oxygens (including phenoxy) is 1. The molecule has 2 atom stereocenters. The minimum absolute atomic E-state index is 0.151. The molecule has 32 heavy (non-hydrogen) atoms. The van der Waals surface area contributed by atoms with Crippen LogP contribution in [0.15, 0.2) is 114 Å². The van der Waals surface area contributed by atoms with E-state index in [1.165, 1.54) is 32.6 Å². The molecule has 156 valence electrons. The first-order chi connectivity index (χ1) is 15.9. The number of nitrogens with zero attached hydrogens (tertiary/aromatic N) is 1. The number of rotatable bonds is 5. The lowest BCUT2D eigenvalue weighted by Gasteiger charge is -2.22. The van der Waals surface area contributed by atoms with Crippen molar-refractivity contribution in [1.82, 2.24) is 0 Å². The van der Waals surface area contributed by atoms with Crippen LogP contribution in [0.5, 0.6) is 0 Å². The Morgan fingerprint density at radius 3 is 2.09 bits per heavy atom. The van der Waals surface area contributed by atoms with Gasteiger partial charge in [0.15, 0.2) is 5.90 Å². The number of hydrogen-bond acceptors (Lipinski definition) is 2. The normalized spacial score (nSPS) is 18.7. The molecule has 0 aromatic heterocycles. The van der Waals surface area contributed by atoms with Gasteiger partial charge in [-0.3, -0.25) is 0 Å². The molecule has 0 radical (unpaired) electrons. The van der Waals surface area contributed by atoms with Crippen molar-refractivity contribution in [1.29, 1.82) is 0 Å². The van der Waals surface area contributed by atoms with E-state index in [1.54, 1.807) is 0 Å². The fourth-order valence-corrected chi connectivity index (χ4v) is 7.34. The van der Waals surface area contributed by atoms with Gasteiger partial charge in [-0.15, -0.1) is 0 Å². The highest BCUT2D eigenvalue weighted by atomic mass is 31.1. The molecule has 6 rings (SSSR count). The third kappa shape index (κ3) is 3.55. The van der Waals surface area contributed by atoms with Crippen molar-refractivity contribution in [3.8, 4) is 0 Å². The second kappa shape index (κ2) is 8.37. The van der Waals surface area contributed by atoms with Gasteiger partial charge in [0.2, 0.25) is 0 Å². The summed E-state index contributed by atoms with van der Waals surface area (Å²) < 4.78 is 6.38. The molecule has 3 heteroatoms. The summed E-state index contributed by atoms with van der Waals surface area (Å²) in [5.41, 5.74) is 4.01. The van der Waals surface area contributed by atoms with Crippen molar-refractivity contribution in [2.24, 2.45) is 4.99 Å². The largest absolute Gasteiger partial charge is 0.474 e. The average Bonchev–Trinajstić information content (AvgIpc) is 3.39. The highest BCUT2D eigenvalue weighted by Crippen LogP contribution is 2.40. The molecule has 4 aromatic carbocycles. The minimum atomic E-state index is -0.652. The van der Waals surface area contributed by atoms with Crippen LogP contribution >= 0.6 is 7.92 Å². The maximum atomic E-state index is 6.38. The number of hydrogen-bond donors (Lipinski definition) is 0. The molecular formula is C29H24NOP. The molecule has 0 spiro atoms. The number of fused-ring (bicyclic) bond motifs is 3. The summed E-state index contributed by atoms with van der Waals surface area (Å²) in [5.74, 6) is 0.873. The molecule has 1 aliphatic heterocycles. The summed E-state index contributed by atoms with van der Waals surface area (Å²) in [6.45, 7) is 0. The number of benzene rings is 4. The van der Waals surface area contributed by atoms with Crippen LogP contribution in [0, 0.1) is 0 Å². The molecule has 0 amide bonds. The van der Waals surface area contributed by atoms with E-state index in [1.807, 2.05) is 0 Å². The fourth-order valence-electron chi connectivity index (χ4n) is 4.87. The number of aliphatic imine (C=N–C) groups is 1. The molecule has 0 fully saturated rings. The van der Waals surface area contributed by atoms with Gasteiger partial charge in [0.25, 0.3) is 0 Å². The summed E-state index contributed by atoms with van der Waals surface area (Å²) in [6.07, 6.45) is 1.85. The van der Waals surface area contributed by atoms with Crippen molar-refractivity contribution >= 4 is 29.7 Å². The lowest BCUT2D eigenvalue weighted by atomic mass is 10.1. The molecule has 0 bridgehead atoms. The van der Waals surface area contributed by atoms with Crippen LogP contribution in [-0.2, 0) is 17.6 Å². The molecule has 0 N–H and O–H groups in total. The average molecular weight is 433 g/mol. The predicted molar refractivity (Wildman–Crippen MR) is 134 cm³/mol. The van der Waals surface area contributed by atoms with Gasteiger partial charge >= 0.3 is 0 Å². The predicted octanol–water partition coefficient (Wildman–Crippen LogP) is 5.08. The Balaban J connectivity index is 1.36. The van der Waals surface area contributed by atoms with E-state index in [9.17, 15) is 0 Å². The topological polar surface area (TPSA) is 21.6 Å².